The summed E-state index contributed by atoms with van der Waals surface area (Å²) < 4.78 is 0. The number of hydrogen-bond donors (Lipinski definition) is 9. The number of carboxylic acids is 1. The van der Waals surface area contributed by atoms with E-state index in [0.29, 0.717) is 32.2 Å². The summed E-state index contributed by atoms with van der Waals surface area (Å²) in [6, 6.07) is -4.47. The van der Waals surface area contributed by atoms with Crippen LogP contribution in [0.25, 0.3) is 0 Å². The van der Waals surface area contributed by atoms with E-state index in [0.717, 1.165) is 0 Å². The predicted octanol–water partition coefficient (Wildman–Crippen LogP) is -2.65. The first-order chi connectivity index (χ1) is 17.8. The summed E-state index contributed by atoms with van der Waals surface area (Å²) in [5.41, 5.74) is 27.3. The van der Waals surface area contributed by atoms with Crippen molar-refractivity contribution in [2.75, 3.05) is 13.1 Å². The zero-order valence-electron chi connectivity index (χ0n) is 22.3. The van der Waals surface area contributed by atoms with Crippen molar-refractivity contribution in [3.63, 3.8) is 0 Å². The molecule has 4 amide bonds. The number of nitrogens with two attached hydrogens (primary N) is 5. The molecule has 15 nitrogen and oxygen atoms in total. The molecule has 15 heteroatoms. The number of guanidine groups is 1. The molecule has 14 N–H and O–H groups in total. The fourth-order valence-corrected chi connectivity index (χ4v) is 3.40. The van der Waals surface area contributed by atoms with Gasteiger partial charge in [-0.1, -0.05) is 20.3 Å². The van der Waals surface area contributed by atoms with Crippen molar-refractivity contribution in [1.82, 2.24) is 16.0 Å². The van der Waals surface area contributed by atoms with E-state index in [-0.39, 0.29) is 44.1 Å². The molecule has 0 aliphatic heterocycles. The maximum absolute atomic E-state index is 13.2. The minimum absolute atomic E-state index is 0.114. The Bertz CT molecular complexity index is 819. The van der Waals surface area contributed by atoms with Crippen LogP contribution in [-0.4, -0.2) is 77.9 Å². The molecule has 0 radical (unpaired) electrons. The first-order valence-corrected chi connectivity index (χ1v) is 12.8. The van der Waals surface area contributed by atoms with Crippen LogP contribution in [0.1, 0.15) is 65.2 Å². The molecule has 5 unspecified atom stereocenters. The highest BCUT2D eigenvalue weighted by Crippen LogP contribution is 2.09. The molecule has 218 valence electrons. The Labute approximate surface area is 223 Å². The van der Waals surface area contributed by atoms with Gasteiger partial charge < -0.3 is 49.7 Å². The van der Waals surface area contributed by atoms with Crippen LogP contribution in [0.3, 0.4) is 0 Å². The number of hydrogen-bond acceptors (Lipinski definition) is 8. The number of aliphatic carboxylic acids is 1. The molecular weight excluding hydrogens is 498 g/mol. The van der Waals surface area contributed by atoms with Crippen molar-refractivity contribution in [3.05, 3.63) is 0 Å². The molecule has 0 rings (SSSR count). The Morgan fingerprint density at radius 1 is 0.816 bits per heavy atom. The van der Waals surface area contributed by atoms with Crippen molar-refractivity contribution in [3.8, 4) is 0 Å². The Hall–Kier alpha value is -3.46. The van der Waals surface area contributed by atoms with Gasteiger partial charge in [-0.15, -0.1) is 0 Å². The lowest BCUT2D eigenvalue weighted by atomic mass is 9.98. The summed E-state index contributed by atoms with van der Waals surface area (Å²) in [6.07, 6.45) is 1.81. The molecular formula is C23H45N9O6. The molecule has 0 heterocycles. The average molecular weight is 544 g/mol. The van der Waals surface area contributed by atoms with Gasteiger partial charge in [0.05, 0.1) is 6.04 Å². The Morgan fingerprint density at radius 2 is 1.34 bits per heavy atom. The molecule has 0 aliphatic carbocycles. The van der Waals surface area contributed by atoms with E-state index in [2.05, 4.69) is 20.9 Å². The van der Waals surface area contributed by atoms with E-state index in [9.17, 15) is 29.1 Å². The Balaban J connectivity index is 5.69. The molecule has 5 atom stereocenters. The van der Waals surface area contributed by atoms with Crippen LogP contribution in [0.2, 0.25) is 0 Å². The van der Waals surface area contributed by atoms with Crippen LogP contribution >= 0.6 is 0 Å². The van der Waals surface area contributed by atoms with E-state index in [1.54, 1.807) is 6.92 Å². The van der Waals surface area contributed by atoms with Crippen LogP contribution in [0.5, 0.6) is 0 Å². The second kappa shape index (κ2) is 18.7. The number of nitrogens with zero attached hydrogens (tertiary/aromatic N) is 1. The SMILES string of the molecule is CCC(C)C(N)C(=O)NC(CCCN=C(N)N)C(=O)NC(CCC(N)=O)C(=O)NC(CCCCN)C(=O)O. The summed E-state index contributed by atoms with van der Waals surface area (Å²) in [5.74, 6) is -4.32. The minimum atomic E-state index is -1.29. The van der Waals surface area contributed by atoms with Crippen LogP contribution in [0.4, 0.5) is 0 Å². The number of primary amides is 1. The molecule has 0 bridgehead atoms. The van der Waals surface area contributed by atoms with Gasteiger partial charge in [0.25, 0.3) is 0 Å². The van der Waals surface area contributed by atoms with Gasteiger partial charge in [0.2, 0.25) is 23.6 Å². The normalized spacial score (nSPS) is 14.7. The molecule has 0 fully saturated rings. The Kier molecular flexibility index (Phi) is 17.0. The summed E-state index contributed by atoms with van der Waals surface area (Å²) in [7, 11) is 0. The molecule has 0 aliphatic rings. The first-order valence-electron chi connectivity index (χ1n) is 12.8. The minimum Gasteiger partial charge on any atom is -0.480 e. The fourth-order valence-electron chi connectivity index (χ4n) is 3.40. The van der Waals surface area contributed by atoms with Gasteiger partial charge in [-0.05, 0) is 51.0 Å². The molecule has 0 aromatic carbocycles. The monoisotopic (exact) mass is 543 g/mol. The van der Waals surface area contributed by atoms with E-state index in [4.69, 9.17) is 28.7 Å². The smallest absolute Gasteiger partial charge is 0.326 e. The van der Waals surface area contributed by atoms with E-state index in [1.165, 1.54) is 0 Å². The first kappa shape index (κ1) is 34.5. The van der Waals surface area contributed by atoms with E-state index in [1.807, 2.05) is 6.92 Å². The van der Waals surface area contributed by atoms with Crippen LogP contribution in [0, 0.1) is 5.92 Å². The number of amides is 4. The quantitative estimate of drug-likeness (QED) is 0.0436. The van der Waals surface area contributed by atoms with Gasteiger partial charge in [0.15, 0.2) is 5.96 Å². The topological polar surface area (TPSA) is 284 Å². The van der Waals surface area contributed by atoms with Gasteiger partial charge in [-0.2, -0.15) is 0 Å². The summed E-state index contributed by atoms with van der Waals surface area (Å²) in [6.45, 7) is 4.23. The highest BCUT2D eigenvalue weighted by atomic mass is 16.4. The van der Waals surface area contributed by atoms with Crippen molar-refractivity contribution in [1.29, 1.82) is 0 Å². The third-order valence-electron chi connectivity index (χ3n) is 6.01. The van der Waals surface area contributed by atoms with E-state index < -0.39 is 53.8 Å². The molecule has 0 aromatic rings. The summed E-state index contributed by atoms with van der Waals surface area (Å²) >= 11 is 0. The molecule has 0 spiro atoms. The number of carbonyl (C=O) groups excluding carboxylic acids is 4. The lowest BCUT2D eigenvalue weighted by molar-refractivity contribution is -0.142. The van der Waals surface area contributed by atoms with Gasteiger partial charge in [-0.3, -0.25) is 24.2 Å². The second-order valence-corrected chi connectivity index (χ2v) is 9.17. The largest absolute Gasteiger partial charge is 0.480 e. The number of aliphatic imine (C=N–C) groups is 1. The zero-order valence-corrected chi connectivity index (χ0v) is 22.3. The zero-order chi connectivity index (χ0) is 29.3. The van der Waals surface area contributed by atoms with Crippen molar-refractivity contribution in [2.24, 2.45) is 39.6 Å². The van der Waals surface area contributed by atoms with E-state index >= 15 is 0 Å². The number of carboxylic acid groups (broad SMARTS) is 1. The highest BCUT2D eigenvalue weighted by Gasteiger charge is 2.31. The van der Waals surface area contributed by atoms with Crippen LogP contribution in [0.15, 0.2) is 4.99 Å². The third-order valence-corrected chi connectivity index (χ3v) is 6.01. The summed E-state index contributed by atoms with van der Waals surface area (Å²) in [4.78, 5) is 65.6. The number of carbonyl (C=O) groups is 5. The second-order valence-electron chi connectivity index (χ2n) is 9.17. The van der Waals surface area contributed by atoms with Crippen molar-refractivity contribution >= 4 is 35.6 Å². The molecule has 0 saturated carbocycles. The standard InChI is InChI=1S/C23H45N9O6/c1-3-13(2)18(26)21(36)31-14(8-6-12-29-23(27)28)19(34)30-15(9-10-17(25)33)20(35)32-16(22(37)38)7-4-5-11-24/h13-16,18H,3-12,24,26H2,1-2H3,(H2,25,33)(H,30,34)(H,31,36)(H,32,35)(H,37,38)(H4,27,28,29). The number of unbranched alkanes of at least 4 members (excludes halogenated alkanes) is 1. The fraction of sp³-hybridized carbons (Fsp3) is 0.739. The third kappa shape index (κ3) is 14.3. The maximum atomic E-state index is 13.2. The average Bonchev–Trinajstić information content (AvgIpc) is 2.85. The molecule has 38 heavy (non-hydrogen) atoms. The van der Waals surface area contributed by atoms with Crippen LogP contribution in [-0.2, 0) is 24.0 Å². The van der Waals surface area contributed by atoms with Crippen molar-refractivity contribution in [2.45, 2.75) is 89.4 Å². The molecule has 0 saturated heterocycles. The van der Waals surface area contributed by atoms with Gasteiger partial charge in [0, 0.05) is 13.0 Å². The van der Waals surface area contributed by atoms with Crippen LogP contribution < -0.4 is 44.6 Å². The highest BCUT2D eigenvalue weighted by molar-refractivity contribution is 5.94. The Morgan fingerprint density at radius 3 is 1.84 bits per heavy atom. The van der Waals surface area contributed by atoms with Gasteiger partial charge >= 0.3 is 5.97 Å². The molecule has 0 aromatic heterocycles. The maximum Gasteiger partial charge on any atom is 0.326 e. The van der Waals surface area contributed by atoms with Gasteiger partial charge in [0.1, 0.15) is 18.1 Å². The van der Waals surface area contributed by atoms with Gasteiger partial charge in [-0.25, -0.2) is 4.79 Å². The summed E-state index contributed by atoms with van der Waals surface area (Å²) in [5, 5.41) is 17.0. The predicted molar refractivity (Wildman–Crippen MR) is 142 cm³/mol. The number of nitrogens with one attached hydrogen (secondary N) is 3. The lowest BCUT2D eigenvalue weighted by Gasteiger charge is -2.26. The lowest BCUT2D eigenvalue weighted by Crippen LogP contribution is -2.57. The van der Waals surface area contributed by atoms with Crippen molar-refractivity contribution < 1.29 is 29.1 Å². The number of rotatable bonds is 20.